The fraction of sp³-hybridized carbons (Fsp3) is 0.467. The van der Waals surface area contributed by atoms with Crippen LogP contribution in [0.25, 0.3) is 0 Å². The number of amides is 1. The molecule has 0 radical (unpaired) electrons. The minimum atomic E-state index is -0.452. The zero-order valence-corrected chi connectivity index (χ0v) is 12.4. The van der Waals surface area contributed by atoms with E-state index >= 15 is 0 Å². The molecular formula is C15H19NO2S. The fourth-order valence-electron chi connectivity index (χ4n) is 2.11. The summed E-state index contributed by atoms with van der Waals surface area (Å²) >= 11 is 5.16. The van der Waals surface area contributed by atoms with Crippen LogP contribution in [-0.4, -0.2) is 28.6 Å². The van der Waals surface area contributed by atoms with Crippen LogP contribution in [0.1, 0.15) is 26.3 Å². The summed E-state index contributed by atoms with van der Waals surface area (Å²) < 4.78 is 5.40. The number of nitrogens with zero attached hydrogens (tertiary/aromatic N) is 1. The average Bonchev–Trinajstić information content (AvgIpc) is 2.70. The van der Waals surface area contributed by atoms with E-state index in [-0.39, 0.29) is 11.9 Å². The predicted octanol–water partition coefficient (Wildman–Crippen LogP) is 2.79. The lowest BCUT2D eigenvalue weighted by Crippen LogP contribution is -2.45. The van der Waals surface area contributed by atoms with Crippen molar-refractivity contribution in [3.8, 4) is 0 Å². The first-order chi connectivity index (χ1) is 8.89. The largest absolute Gasteiger partial charge is 0.468 e. The van der Waals surface area contributed by atoms with E-state index in [1.54, 1.807) is 4.90 Å². The predicted molar refractivity (Wildman–Crippen MR) is 78.8 cm³/mol. The maximum absolute atomic E-state index is 12.4. The fourth-order valence-corrected chi connectivity index (χ4v) is 2.41. The van der Waals surface area contributed by atoms with Gasteiger partial charge in [-0.2, -0.15) is 0 Å². The molecule has 1 atom stereocenters. The Balaban J connectivity index is 2.16. The van der Waals surface area contributed by atoms with Gasteiger partial charge in [-0.05, 0) is 24.2 Å². The Hall–Kier alpha value is -1.42. The zero-order valence-electron chi connectivity index (χ0n) is 11.6. The molecule has 0 spiro atoms. The number of rotatable bonds is 2. The minimum absolute atomic E-state index is 0.00150. The second kappa shape index (κ2) is 5.29. The molecule has 19 heavy (non-hydrogen) atoms. The third kappa shape index (κ3) is 3.13. The molecule has 1 aromatic rings. The van der Waals surface area contributed by atoms with Crippen molar-refractivity contribution in [2.45, 2.75) is 33.2 Å². The van der Waals surface area contributed by atoms with Crippen LogP contribution in [0, 0.1) is 5.41 Å². The van der Waals surface area contributed by atoms with Gasteiger partial charge >= 0.3 is 0 Å². The molecule has 102 valence electrons. The highest BCUT2D eigenvalue weighted by molar-refractivity contribution is 7.80. The van der Waals surface area contributed by atoms with Gasteiger partial charge in [0.05, 0.1) is 6.04 Å². The van der Waals surface area contributed by atoms with Gasteiger partial charge in [0.2, 0.25) is 5.91 Å². The van der Waals surface area contributed by atoms with E-state index in [2.05, 4.69) is 12.1 Å². The molecule has 4 heteroatoms. The molecule has 1 amide bonds. The zero-order chi connectivity index (χ0) is 14.0. The molecule has 1 aromatic carbocycles. The van der Waals surface area contributed by atoms with E-state index in [9.17, 15) is 4.79 Å². The maximum atomic E-state index is 12.4. The van der Waals surface area contributed by atoms with Gasteiger partial charge in [-0.15, -0.1) is 0 Å². The number of benzene rings is 1. The SMILES string of the molecule is CC(C)(C)C(=O)N1C(=S)OC[C@@H]1Cc1ccccc1. The molecule has 0 N–H and O–H groups in total. The van der Waals surface area contributed by atoms with Crippen LogP contribution < -0.4 is 0 Å². The lowest BCUT2D eigenvalue weighted by molar-refractivity contribution is -0.136. The van der Waals surface area contributed by atoms with Crippen LogP contribution in [0.3, 0.4) is 0 Å². The molecular weight excluding hydrogens is 258 g/mol. The van der Waals surface area contributed by atoms with Crippen molar-refractivity contribution in [3.05, 3.63) is 35.9 Å². The first-order valence-corrected chi connectivity index (χ1v) is 6.85. The molecule has 0 bridgehead atoms. The first kappa shape index (κ1) is 14.0. The summed E-state index contributed by atoms with van der Waals surface area (Å²) in [6.07, 6.45) is 0.767. The quantitative estimate of drug-likeness (QED) is 0.779. The summed E-state index contributed by atoms with van der Waals surface area (Å²) in [5.41, 5.74) is 0.736. The summed E-state index contributed by atoms with van der Waals surface area (Å²) in [5, 5.41) is 0.306. The Morgan fingerprint density at radius 1 is 1.37 bits per heavy atom. The number of thiocarbonyl (C=S) groups is 1. The molecule has 0 saturated carbocycles. The molecule has 0 aromatic heterocycles. The molecule has 2 rings (SSSR count). The molecule has 3 nitrogen and oxygen atoms in total. The minimum Gasteiger partial charge on any atom is -0.468 e. The normalized spacial score (nSPS) is 19.4. The van der Waals surface area contributed by atoms with Crippen molar-refractivity contribution < 1.29 is 9.53 Å². The number of hydrogen-bond donors (Lipinski definition) is 0. The van der Waals surface area contributed by atoms with Crippen molar-refractivity contribution in [2.75, 3.05) is 6.61 Å². The van der Waals surface area contributed by atoms with Crippen molar-refractivity contribution in [1.82, 2.24) is 4.90 Å². The summed E-state index contributed by atoms with van der Waals surface area (Å²) in [6.45, 7) is 6.18. The van der Waals surface area contributed by atoms with E-state index in [1.807, 2.05) is 39.0 Å². The van der Waals surface area contributed by atoms with Crippen LogP contribution in [0.4, 0.5) is 0 Å². The van der Waals surface area contributed by atoms with Crippen LogP contribution in [0.2, 0.25) is 0 Å². The van der Waals surface area contributed by atoms with Crippen LogP contribution in [0.15, 0.2) is 30.3 Å². The number of carbonyl (C=O) groups is 1. The lowest BCUT2D eigenvalue weighted by atomic mass is 9.93. The van der Waals surface area contributed by atoms with E-state index in [0.29, 0.717) is 11.8 Å². The topological polar surface area (TPSA) is 29.5 Å². The first-order valence-electron chi connectivity index (χ1n) is 6.44. The van der Waals surface area contributed by atoms with E-state index < -0.39 is 5.41 Å². The molecule has 0 aliphatic carbocycles. The highest BCUT2D eigenvalue weighted by atomic mass is 32.1. The Labute approximate surface area is 119 Å². The van der Waals surface area contributed by atoms with Gasteiger partial charge in [0.25, 0.3) is 5.17 Å². The Morgan fingerprint density at radius 2 is 2.00 bits per heavy atom. The molecule has 1 fully saturated rings. The number of hydrogen-bond acceptors (Lipinski definition) is 3. The van der Waals surface area contributed by atoms with Gasteiger partial charge in [-0.3, -0.25) is 9.69 Å². The number of carbonyl (C=O) groups excluding carboxylic acids is 1. The van der Waals surface area contributed by atoms with Crippen LogP contribution >= 0.6 is 12.2 Å². The van der Waals surface area contributed by atoms with Gasteiger partial charge in [0.15, 0.2) is 0 Å². The molecule has 1 aliphatic heterocycles. The summed E-state index contributed by atoms with van der Waals surface area (Å²) in [7, 11) is 0. The molecule has 0 unspecified atom stereocenters. The van der Waals surface area contributed by atoms with Crippen molar-refractivity contribution in [2.24, 2.45) is 5.41 Å². The molecule has 1 saturated heterocycles. The molecule has 1 aliphatic rings. The third-order valence-corrected chi connectivity index (χ3v) is 3.45. The smallest absolute Gasteiger partial charge is 0.266 e. The highest BCUT2D eigenvalue weighted by Gasteiger charge is 2.39. The van der Waals surface area contributed by atoms with Gasteiger partial charge in [-0.25, -0.2) is 0 Å². The summed E-state index contributed by atoms with van der Waals surface area (Å²) in [4.78, 5) is 14.1. The van der Waals surface area contributed by atoms with Crippen LogP contribution in [0.5, 0.6) is 0 Å². The van der Waals surface area contributed by atoms with E-state index in [0.717, 1.165) is 6.42 Å². The standard InChI is InChI=1S/C15H19NO2S/c1-15(2,3)13(17)16-12(10-18-14(16)19)9-11-7-5-4-6-8-11/h4-8,12H,9-10H2,1-3H3/t12-/m0/s1. The summed E-state index contributed by atoms with van der Waals surface area (Å²) in [6, 6.07) is 10.1. The van der Waals surface area contributed by atoms with Gasteiger partial charge in [0, 0.05) is 5.41 Å². The van der Waals surface area contributed by atoms with Crippen LogP contribution in [-0.2, 0) is 16.0 Å². The van der Waals surface area contributed by atoms with Gasteiger partial charge in [0.1, 0.15) is 6.61 Å². The Bertz CT molecular complexity index is 479. The van der Waals surface area contributed by atoms with Gasteiger partial charge in [-0.1, -0.05) is 51.1 Å². The van der Waals surface area contributed by atoms with E-state index in [1.165, 1.54) is 5.56 Å². The van der Waals surface area contributed by atoms with Crippen molar-refractivity contribution in [3.63, 3.8) is 0 Å². The second-order valence-corrected chi connectivity index (χ2v) is 6.19. The number of ether oxygens (including phenoxy) is 1. The lowest BCUT2D eigenvalue weighted by Gasteiger charge is -2.28. The van der Waals surface area contributed by atoms with E-state index in [4.69, 9.17) is 17.0 Å². The third-order valence-electron chi connectivity index (χ3n) is 3.14. The maximum Gasteiger partial charge on any atom is 0.266 e. The second-order valence-electron chi connectivity index (χ2n) is 5.85. The van der Waals surface area contributed by atoms with Crippen molar-refractivity contribution in [1.29, 1.82) is 0 Å². The molecule has 1 heterocycles. The highest BCUT2D eigenvalue weighted by Crippen LogP contribution is 2.25. The Morgan fingerprint density at radius 3 is 2.58 bits per heavy atom. The van der Waals surface area contributed by atoms with Crippen molar-refractivity contribution >= 4 is 23.3 Å². The average molecular weight is 277 g/mol. The summed E-state index contributed by atoms with van der Waals surface area (Å²) in [5.74, 6) is 0.0240. The monoisotopic (exact) mass is 277 g/mol. The Kier molecular flexibility index (Phi) is 3.90. The van der Waals surface area contributed by atoms with Gasteiger partial charge < -0.3 is 4.74 Å².